The van der Waals surface area contributed by atoms with E-state index in [1.807, 2.05) is 21.2 Å². The third-order valence-electron chi connectivity index (χ3n) is 1.67. The molecule has 0 heterocycles. The first-order valence-corrected chi connectivity index (χ1v) is 7.17. The molecule has 1 aromatic rings. The number of nitrogen functional groups attached to an aromatic ring is 1. The molecule has 0 saturated carbocycles. The molecule has 0 radical (unpaired) electrons. The largest absolute Gasteiger partial charge is 0.419 e. The maximum absolute atomic E-state index is 13.0. The lowest BCUT2D eigenvalue weighted by Gasteiger charge is -2.09. The summed E-state index contributed by atoms with van der Waals surface area (Å²) in [7, 11) is 1.10. The molecule has 0 amide bonds. The van der Waals surface area contributed by atoms with Gasteiger partial charge in [-0.25, -0.2) is 4.39 Å². The van der Waals surface area contributed by atoms with Crippen molar-refractivity contribution in [2.24, 2.45) is 0 Å². The molecule has 0 unspecified atom stereocenters. The zero-order chi connectivity index (χ0) is 12.3. The van der Waals surface area contributed by atoms with Crippen LogP contribution in [0.1, 0.15) is 11.1 Å². The number of hydrogen-bond acceptors (Lipinski definition) is 2. The van der Waals surface area contributed by atoms with Crippen LogP contribution in [0.25, 0.3) is 0 Å². The number of hydrogen-bond donors (Lipinski definition) is 1. The summed E-state index contributed by atoms with van der Waals surface area (Å²) in [6.07, 6.45) is -4.74. The highest BCUT2D eigenvalue weighted by Gasteiger charge is 2.34. The first kappa shape index (κ1) is 13.4. The second-order valence-corrected chi connectivity index (χ2v) is 4.40. The number of rotatable bonds is 0. The Morgan fingerprint density at radius 1 is 1.31 bits per heavy atom. The summed E-state index contributed by atoms with van der Waals surface area (Å²) < 4.78 is 50.0. The first-order valence-electron chi connectivity index (χ1n) is 3.81. The molecule has 0 aliphatic heterocycles. The van der Waals surface area contributed by atoms with Crippen molar-refractivity contribution in [1.82, 2.24) is 0 Å². The monoisotopic (exact) mass is 361 g/mol. The van der Waals surface area contributed by atoms with E-state index in [0.29, 0.717) is 12.1 Å². The van der Waals surface area contributed by atoms with Crippen molar-refractivity contribution < 1.29 is 17.6 Å². The van der Waals surface area contributed by atoms with Gasteiger partial charge in [-0.3, -0.25) is 0 Å². The number of alkyl halides is 3. The third kappa shape index (κ3) is 3.18. The van der Waals surface area contributed by atoms with Gasteiger partial charge in [0.1, 0.15) is 5.82 Å². The number of anilines is 1. The fourth-order valence-electron chi connectivity index (χ4n) is 0.988. The molecule has 0 aromatic heterocycles. The highest BCUT2D eigenvalue weighted by Crippen LogP contribution is 2.33. The zero-order valence-electron chi connectivity index (χ0n) is 7.53. The molecule has 0 aliphatic carbocycles. The molecule has 0 aliphatic rings. The van der Waals surface area contributed by atoms with E-state index in [9.17, 15) is 17.6 Å². The summed E-state index contributed by atoms with van der Waals surface area (Å²) >= 11 is 1.86. The summed E-state index contributed by atoms with van der Waals surface area (Å²) in [4.78, 5) is 0. The van der Waals surface area contributed by atoms with E-state index in [2.05, 4.69) is 11.2 Å². The Morgan fingerprint density at radius 3 is 2.44 bits per heavy atom. The van der Waals surface area contributed by atoms with Crippen LogP contribution in [0.15, 0.2) is 12.1 Å². The van der Waals surface area contributed by atoms with Gasteiger partial charge in [-0.15, -0.1) is 0 Å². The number of halogens is 5. The molecule has 0 spiro atoms. The fraction of sp³-hybridized carbons (Fsp3) is 0.111. The topological polar surface area (TPSA) is 26.0 Å². The van der Waals surface area contributed by atoms with Crippen LogP contribution in [0.4, 0.5) is 23.2 Å². The molecule has 1 rings (SSSR count). The minimum absolute atomic E-state index is 0.0297. The quantitative estimate of drug-likeness (QED) is 0.329. The molecule has 0 bridgehead atoms. The Hall–Kier alpha value is -0.620. The Kier molecular flexibility index (Phi) is 4.32. The molecular weight excluding hydrogens is 357 g/mol. The van der Waals surface area contributed by atoms with Gasteiger partial charge in [-0.1, -0.05) is 5.92 Å². The van der Waals surface area contributed by atoms with Crippen molar-refractivity contribution in [1.29, 1.82) is 0 Å². The van der Waals surface area contributed by atoms with E-state index in [1.54, 1.807) is 0 Å². The zero-order valence-corrected chi connectivity index (χ0v) is 10.5. The summed E-state index contributed by atoms with van der Waals surface area (Å²) in [5.41, 5.74) is 3.86. The Morgan fingerprint density at radius 2 is 1.94 bits per heavy atom. The Labute approximate surface area is 105 Å². The summed E-state index contributed by atoms with van der Waals surface area (Å²) in [6.45, 7) is 0. The van der Waals surface area contributed by atoms with Crippen molar-refractivity contribution in [3.05, 3.63) is 29.1 Å². The minimum atomic E-state index is -4.74. The molecule has 0 fully saturated rings. The van der Waals surface area contributed by atoms with Gasteiger partial charge in [0.25, 0.3) is 0 Å². The maximum atomic E-state index is 13.0. The second-order valence-electron chi connectivity index (χ2n) is 2.72. The van der Waals surface area contributed by atoms with E-state index < -0.39 is 17.6 Å². The van der Waals surface area contributed by atoms with Crippen LogP contribution in [0.3, 0.4) is 0 Å². The van der Waals surface area contributed by atoms with Crippen LogP contribution in [0.5, 0.6) is 0 Å². The van der Waals surface area contributed by atoms with E-state index in [0.717, 1.165) is 8.93 Å². The molecule has 86 valence electrons. The van der Waals surface area contributed by atoms with Crippen LogP contribution in [-0.2, 0) is 6.18 Å². The predicted molar refractivity (Wildman–Crippen MR) is 64.3 cm³/mol. The molecule has 1 nitrogen and oxygen atoms in total. The highest BCUT2D eigenvalue weighted by molar-refractivity contribution is 14.2. The SMILES string of the molecule is Nc1cc(F)c(C(F)(F)F)cc1C#CSI. The van der Waals surface area contributed by atoms with E-state index in [1.165, 1.54) is 0 Å². The minimum Gasteiger partial charge on any atom is -0.398 e. The van der Waals surface area contributed by atoms with E-state index in [4.69, 9.17) is 5.73 Å². The first-order chi connectivity index (χ1) is 7.36. The van der Waals surface area contributed by atoms with Gasteiger partial charge in [-0.05, 0) is 26.3 Å². The molecule has 2 N–H and O–H groups in total. The van der Waals surface area contributed by atoms with Crippen LogP contribution in [0.2, 0.25) is 0 Å². The molecular formula is C9H4F4INS. The predicted octanol–water partition coefficient (Wildman–Crippen LogP) is 3.82. The van der Waals surface area contributed by atoms with Crippen LogP contribution < -0.4 is 5.73 Å². The van der Waals surface area contributed by atoms with Crippen molar-refractivity contribution >= 4 is 35.8 Å². The standard InChI is InChI=1S/C9H4F4INS/c10-7-4-8(15)5(1-2-16-14)3-6(7)9(11,12)13/h3-4H,15H2. The van der Waals surface area contributed by atoms with E-state index >= 15 is 0 Å². The Bertz CT molecular complexity index is 461. The average Bonchev–Trinajstić information content (AvgIpc) is 2.14. The average molecular weight is 361 g/mol. The van der Waals surface area contributed by atoms with Crippen molar-refractivity contribution in [2.75, 3.05) is 5.73 Å². The maximum Gasteiger partial charge on any atom is 0.419 e. The second kappa shape index (κ2) is 5.14. The summed E-state index contributed by atoms with van der Waals surface area (Å²) in [6, 6.07) is 1.25. The van der Waals surface area contributed by atoms with Crippen LogP contribution >= 0.6 is 30.1 Å². The van der Waals surface area contributed by atoms with Gasteiger partial charge in [-0.2, -0.15) is 13.2 Å². The van der Waals surface area contributed by atoms with Crippen LogP contribution in [0, 0.1) is 17.0 Å². The van der Waals surface area contributed by atoms with Gasteiger partial charge in [0, 0.05) is 26.8 Å². The lowest BCUT2D eigenvalue weighted by Crippen LogP contribution is -2.09. The smallest absolute Gasteiger partial charge is 0.398 e. The summed E-state index contributed by atoms with van der Waals surface area (Å²) in [5.74, 6) is 1.03. The lowest BCUT2D eigenvalue weighted by atomic mass is 10.1. The lowest BCUT2D eigenvalue weighted by molar-refractivity contribution is -0.139. The molecule has 7 heteroatoms. The van der Waals surface area contributed by atoms with Crippen molar-refractivity contribution in [3.8, 4) is 11.2 Å². The summed E-state index contributed by atoms with van der Waals surface area (Å²) in [5, 5.41) is 2.49. The normalized spacial score (nSPS) is 10.8. The van der Waals surface area contributed by atoms with Gasteiger partial charge in [0.05, 0.1) is 11.3 Å². The molecule has 0 saturated heterocycles. The van der Waals surface area contributed by atoms with Crippen molar-refractivity contribution in [3.63, 3.8) is 0 Å². The molecule has 1 aromatic carbocycles. The van der Waals surface area contributed by atoms with Crippen LogP contribution in [-0.4, -0.2) is 0 Å². The van der Waals surface area contributed by atoms with Crippen molar-refractivity contribution in [2.45, 2.75) is 6.18 Å². The van der Waals surface area contributed by atoms with Gasteiger partial charge >= 0.3 is 6.18 Å². The highest BCUT2D eigenvalue weighted by atomic mass is 127. The number of benzene rings is 1. The third-order valence-corrected chi connectivity index (χ3v) is 2.51. The van der Waals surface area contributed by atoms with Gasteiger partial charge < -0.3 is 5.73 Å². The number of nitrogens with two attached hydrogens (primary N) is 1. The van der Waals surface area contributed by atoms with Gasteiger partial charge in [0.15, 0.2) is 0 Å². The fourth-order valence-corrected chi connectivity index (χ4v) is 1.47. The molecule has 16 heavy (non-hydrogen) atoms. The van der Waals surface area contributed by atoms with Gasteiger partial charge in [0.2, 0.25) is 0 Å². The molecule has 0 atom stereocenters. The van der Waals surface area contributed by atoms with E-state index in [-0.39, 0.29) is 11.3 Å². The Balaban J connectivity index is 3.33.